The SMILES string of the molecule is Cc1cccc(-n2cc(CNC(=O)c3cccn4c(C(=O)N(C)C(CO)CC(C)C)cnc34)cn2)c1. The third-order valence-electron chi connectivity index (χ3n) is 6.18. The Morgan fingerprint density at radius 3 is 2.69 bits per heavy atom. The summed E-state index contributed by atoms with van der Waals surface area (Å²) in [5, 5.41) is 17.1. The number of hydrogen-bond acceptors (Lipinski definition) is 5. The lowest BCUT2D eigenvalue weighted by Gasteiger charge is -2.27. The van der Waals surface area contributed by atoms with Gasteiger partial charge in [-0.15, -0.1) is 0 Å². The van der Waals surface area contributed by atoms with Crippen molar-refractivity contribution in [3.8, 4) is 5.69 Å². The summed E-state index contributed by atoms with van der Waals surface area (Å²) < 4.78 is 3.39. The molecule has 0 fully saturated rings. The maximum Gasteiger partial charge on any atom is 0.272 e. The van der Waals surface area contributed by atoms with E-state index in [1.807, 2.05) is 51.2 Å². The number of pyridine rings is 1. The van der Waals surface area contributed by atoms with Crippen molar-refractivity contribution in [1.82, 2.24) is 29.4 Å². The van der Waals surface area contributed by atoms with Crippen LogP contribution in [-0.2, 0) is 6.54 Å². The molecule has 0 bridgehead atoms. The minimum absolute atomic E-state index is 0.120. The number of aliphatic hydroxyl groups excluding tert-OH is 1. The van der Waals surface area contributed by atoms with E-state index in [1.165, 1.54) is 6.20 Å². The Morgan fingerprint density at radius 1 is 1.17 bits per heavy atom. The Balaban J connectivity index is 1.49. The van der Waals surface area contributed by atoms with Crippen LogP contribution in [0.15, 0.2) is 61.2 Å². The molecule has 188 valence electrons. The van der Waals surface area contributed by atoms with Crippen LogP contribution in [0.2, 0.25) is 0 Å². The molecule has 2 amide bonds. The van der Waals surface area contributed by atoms with E-state index in [-0.39, 0.29) is 24.5 Å². The van der Waals surface area contributed by atoms with Crippen LogP contribution in [0.1, 0.15) is 52.2 Å². The molecule has 1 aromatic carbocycles. The zero-order chi connectivity index (χ0) is 25.8. The lowest BCUT2D eigenvalue weighted by molar-refractivity contribution is 0.0623. The van der Waals surface area contributed by atoms with Gasteiger partial charge in [0.05, 0.1) is 36.3 Å². The summed E-state index contributed by atoms with van der Waals surface area (Å²) >= 11 is 0. The van der Waals surface area contributed by atoms with E-state index in [2.05, 4.69) is 15.4 Å². The van der Waals surface area contributed by atoms with Crippen molar-refractivity contribution in [3.63, 3.8) is 0 Å². The van der Waals surface area contributed by atoms with Gasteiger partial charge in [0.15, 0.2) is 0 Å². The van der Waals surface area contributed by atoms with Crippen LogP contribution >= 0.6 is 0 Å². The van der Waals surface area contributed by atoms with Gasteiger partial charge in [0.2, 0.25) is 0 Å². The van der Waals surface area contributed by atoms with Gasteiger partial charge < -0.3 is 15.3 Å². The molecule has 36 heavy (non-hydrogen) atoms. The second-order valence-corrected chi connectivity index (χ2v) is 9.46. The van der Waals surface area contributed by atoms with Gasteiger partial charge in [0, 0.05) is 31.5 Å². The Bertz CT molecular complexity index is 1370. The number of aryl methyl sites for hydroxylation is 1. The van der Waals surface area contributed by atoms with Crippen LogP contribution in [-0.4, -0.2) is 60.7 Å². The lowest BCUT2D eigenvalue weighted by atomic mass is 10.0. The molecule has 0 aliphatic rings. The molecule has 1 unspecified atom stereocenters. The van der Waals surface area contributed by atoms with Gasteiger partial charge in [0.1, 0.15) is 11.3 Å². The van der Waals surface area contributed by atoms with Gasteiger partial charge in [-0.25, -0.2) is 9.67 Å². The van der Waals surface area contributed by atoms with E-state index in [0.717, 1.165) is 16.8 Å². The van der Waals surface area contributed by atoms with Crippen molar-refractivity contribution in [2.45, 2.75) is 39.8 Å². The Morgan fingerprint density at radius 2 is 1.97 bits per heavy atom. The number of carbonyl (C=O) groups excluding carboxylic acids is 2. The topological polar surface area (TPSA) is 105 Å². The van der Waals surface area contributed by atoms with E-state index >= 15 is 0 Å². The molecule has 0 aliphatic heterocycles. The average molecular weight is 489 g/mol. The maximum atomic E-state index is 13.2. The summed E-state index contributed by atoms with van der Waals surface area (Å²) in [4.78, 5) is 32.1. The molecular weight excluding hydrogens is 456 g/mol. The number of fused-ring (bicyclic) bond motifs is 1. The van der Waals surface area contributed by atoms with Crippen molar-refractivity contribution in [1.29, 1.82) is 0 Å². The van der Waals surface area contributed by atoms with E-state index in [9.17, 15) is 14.7 Å². The molecule has 9 heteroatoms. The number of nitrogens with zero attached hydrogens (tertiary/aromatic N) is 5. The highest BCUT2D eigenvalue weighted by Crippen LogP contribution is 2.17. The molecule has 1 atom stereocenters. The smallest absolute Gasteiger partial charge is 0.272 e. The number of amides is 2. The normalized spacial score (nSPS) is 12.2. The van der Waals surface area contributed by atoms with Crippen LogP contribution in [0.4, 0.5) is 0 Å². The maximum absolute atomic E-state index is 13.2. The zero-order valence-electron chi connectivity index (χ0n) is 21.0. The molecule has 3 heterocycles. The zero-order valence-corrected chi connectivity index (χ0v) is 21.0. The fourth-order valence-electron chi connectivity index (χ4n) is 4.23. The van der Waals surface area contributed by atoms with Gasteiger partial charge in [-0.2, -0.15) is 5.10 Å². The van der Waals surface area contributed by atoms with E-state index in [4.69, 9.17) is 0 Å². The first-order chi connectivity index (χ1) is 17.3. The third kappa shape index (κ3) is 5.31. The second-order valence-electron chi connectivity index (χ2n) is 9.46. The highest BCUT2D eigenvalue weighted by atomic mass is 16.3. The highest BCUT2D eigenvalue weighted by molar-refractivity contribution is 6.01. The van der Waals surface area contributed by atoms with E-state index in [1.54, 1.807) is 45.6 Å². The molecule has 9 nitrogen and oxygen atoms in total. The first-order valence-electron chi connectivity index (χ1n) is 12.0. The fourth-order valence-corrected chi connectivity index (χ4v) is 4.23. The van der Waals surface area contributed by atoms with Crippen LogP contribution in [0.3, 0.4) is 0 Å². The standard InChI is InChI=1S/C27H32N6O3/c1-18(2)11-22(17-34)31(4)27(36)24-15-28-25-23(9-6-10-32(24)25)26(35)29-13-20-14-30-33(16-20)21-8-5-7-19(3)12-21/h5-10,12,14-16,18,22,34H,11,13,17H2,1-4H3,(H,29,35). The largest absolute Gasteiger partial charge is 0.394 e. The Kier molecular flexibility index (Phi) is 7.49. The van der Waals surface area contributed by atoms with Gasteiger partial charge in [-0.05, 0) is 49.1 Å². The van der Waals surface area contributed by atoms with Crippen molar-refractivity contribution in [3.05, 3.63) is 83.6 Å². The van der Waals surface area contributed by atoms with E-state index < -0.39 is 0 Å². The van der Waals surface area contributed by atoms with Crippen molar-refractivity contribution < 1.29 is 14.7 Å². The number of nitrogens with one attached hydrogen (secondary N) is 1. The molecule has 2 N–H and O–H groups in total. The number of imidazole rings is 1. The number of carbonyl (C=O) groups is 2. The summed E-state index contributed by atoms with van der Waals surface area (Å²) in [6.07, 6.45) is 7.47. The number of aromatic nitrogens is 4. The molecule has 0 saturated carbocycles. The summed E-state index contributed by atoms with van der Waals surface area (Å²) in [5.41, 5.74) is 4.05. The number of likely N-dealkylation sites (N-methyl/N-ethyl adjacent to an activating group) is 1. The molecule has 0 radical (unpaired) electrons. The van der Waals surface area contributed by atoms with Crippen LogP contribution < -0.4 is 5.32 Å². The summed E-state index contributed by atoms with van der Waals surface area (Å²) in [7, 11) is 1.68. The van der Waals surface area contributed by atoms with Crippen LogP contribution in [0.5, 0.6) is 0 Å². The molecular formula is C27H32N6O3. The summed E-state index contributed by atoms with van der Waals surface area (Å²) in [5.74, 6) is -0.225. The highest BCUT2D eigenvalue weighted by Gasteiger charge is 2.25. The Labute approximate surface area is 210 Å². The first-order valence-corrected chi connectivity index (χ1v) is 12.0. The molecule has 4 rings (SSSR count). The fraction of sp³-hybridized carbons (Fsp3) is 0.333. The van der Waals surface area contributed by atoms with Crippen molar-refractivity contribution >= 4 is 17.5 Å². The average Bonchev–Trinajstić information content (AvgIpc) is 3.52. The minimum Gasteiger partial charge on any atom is -0.394 e. The summed E-state index contributed by atoms with van der Waals surface area (Å²) in [6, 6.07) is 11.1. The van der Waals surface area contributed by atoms with Crippen molar-refractivity contribution in [2.24, 2.45) is 5.92 Å². The van der Waals surface area contributed by atoms with Gasteiger partial charge in [-0.1, -0.05) is 26.0 Å². The monoisotopic (exact) mass is 488 g/mol. The van der Waals surface area contributed by atoms with Crippen LogP contribution in [0, 0.1) is 12.8 Å². The van der Waals surface area contributed by atoms with Gasteiger partial charge in [0.25, 0.3) is 11.8 Å². The van der Waals surface area contributed by atoms with Crippen molar-refractivity contribution in [2.75, 3.05) is 13.7 Å². The molecule has 0 saturated heterocycles. The number of aliphatic hydroxyl groups is 1. The third-order valence-corrected chi connectivity index (χ3v) is 6.18. The number of hydrogen-bond donors (Lipinski definition) is 2. The first kappa shape index (κ1) is 25.1. The lowest BCUT2D eigenvalue weighted by Crippen LogP contribution is -2.40. The number of benzene rings is 1. The number of rotatable bonds is 9. The minimum atomic E-state index is -0.296. The van der Waals surface area contributed by atoms with Gasteiger partial charge >= 0.3 is 0 Å². The van der Waals surface area contributed by atoms with E-state index in [0.29, 0.717) is 35.8 Å². The molecule has 0 aliphatic carbocycles. The predicted molar refractivity (Wildman–Crippen MR) is 137 cm³/mol. The predicted octanol–water partition coefficient (Wildman–Crippen LogP) is 3.24. The Hall–Kier alpha value is -3.98. The molecule has 0 spiro atoms. The summed E-state index contributed by atoms with van der Waals surface area (Å²) in [6.45, 7) is 6.30. The molecule has 4 aromatic rings. The second kappa shape index (κ2) is 10.7. The van der Waals surface area contributed by atoms with Crippen LogP contribution in [0.25, 0.3) is 11.3 Å². The van der Waals surface area contributed by atoms with Gasteiger partial charge in [-0.3, -0.25) is 14.0 Å². The molecule has 3 aromatic heterocycles. The quantitative estimate of drug-likeness (QED) is 0.376.